The van der Waals surface area contributed by atoms with E-state index in [0.717, 1.165) is 29.8 Å². The van der Waals surface area contributed by atoms with E-state index in [1.165, 1.54) is 52.0 Å². The van der Waals surface area contributed by atoms with Crippen LogP contribution in [-0.2, 0) is 0 Å². The first kappa shape index (κ1) is 17.2. The van der Waals surface area contributed by atoms with Gasteiger partial charge in [-0.25, -0.2) is 0 Å². The Labute approximate surface area is 132 Å². The molecule has 0 aromatic rings. The van der Waals surface area contributed by atoms with Gasteiger partial charge in [-0.2, -0.15) is 0 Å². The molecule has 1 saturated heterocycles. The monoisotopic (exact) mass is 295 g/mol. The van der Waals surface area contributed by atoms with E-state index in [0.29, 0.717) is 0 Å². The van der Waals surface area contributed by atoms with Gasteiger partial charge in [0.05, 0.1) is 0 Å². The lowest BCUT2D eigenvalue weighted by Crippen LogP contribution is -2.54. The lowest BCUT2D eigenvalue weighted by molar-refractivity contribution is 0.0564. The van der Waals surface area contributed by atoms with E-state index in [1.807, 2.05) is 0 Å². The number of likely N-dealkylation sites (N-methyl/N-ethyl adjacent to an activating group) is 1. The Morgan fingerprint density at radius 1 is 1.19 bits per heavy atom. The van der Waals surface area contributed by atoms with Crippen LogP contribution >= 0.6 is 0 Å². The Balaban J connectivity index is 1.89. The molecule has 0 aromatic heterocycles. The Kier molecular flexibility index (Phi) is 6.51. The van der Waals surface area contributed by atoms with Gasteiger partial charge in [-0.05, 0) is 57.5 Å². The minimum Gasteiger partial charge on any atom is -0.317 e. The van der Waals surface area contributed by atoms with Crippen LogP contribution in [0.4, 0.5) is 0 Å². The zero-order valence-electron chi connectivity index (χ0n) is 14.9. The molecule has 1 heterocycles. The standard InChI is InChI=1S/C18H37N3/c1-6-21-10-9-20(12-15(21)4)13-17-11-16(14(2)3)7-8-18(17)19-5/h14-19H,6-13H2,1-5H3. The molecule has 0 amide bonds. The van der Waals surface area contributed by atoms with Crippen LogP contribution in [0.25, 0.3) is 0 Å². The highest BCUT2D eigenvalue weighted by atomic mass is 15.3. The number of nitrogens with zero attached hydrogens (tertiary/aromatic N) is 2. The van der Waals surface area contributed by atoms with Crippen molar-refractivity contribution < 1.29 is 0 Å². The van der Waals surface area contributed by atoms with Crippen molar-refractivity contribution >= 4 is 0 Å². The Hall–Kier alpha value is -0.120. The third kappa shape index (κ3) is 4.43. The van der Waals surface area contributed by atoms with Crippen molar-refractivity contribution in [3.05, 3.63) is 0 Å². The lowest BCUT2D eigenvalue weighted by atomic mass is 9.73. The fraction of sp³-hybridized carbons (Fsp3) is 1.00. The quantitative estimate of drug-likeness (QED) is 0.841. The van der Waals surface area contributed by atoms with Crippen LogP contribution in [0.2, 0.25) is 0 Å². The predicted molar refractivity (Wildman–Crippen MR) is 91.7 cm³/mol. The molecule has 1 N–H and O–H groups in total. The maximum atomic E-state index is 3.60. The summed E-state index contributed by atoms with van der Waals surface area (Å²) in [4.78, 5) is 5.35. The van der Waals surface area contributed by atoms with E-state index in [1.54, 1.807) is 0 Å². The second-order valence-corrected chi connectivity index (χ2v) is 7.71. The number of nitrogens with one attached hydrogen (secondary N) is 1. The summed E-state index contributed by atoms with van der Waals surface area (Å²) in [5.41, 5.74) is 0. The van der Waals surface area contributed by atoms with Gasteiger partial charge in [0, 0.05) is 38.3 Å². The Morgan fingerprint density at radius 3 is 2.52 bits per heavy atom. The fourth-order valence-corrected chi connectivity index (χ4v) is 4.53. The van der Waals surface area contributed by atoms with Crippen LogP contribution in [0.1, 0.15) is 47.0 Å². The molecule has 0 aromatic carbocycles. The molecule has 2 fully saturated rings. The molecule has 1 aliphatic heterocycles. The zero-order valence-corrected chi connectivity index (χ0v) is 14.9. The van der Waals surface area contributed by atoms with Crippen molar-refractivity contribution in [2.24, 2.45) is 17.8 Å². The van der Waals surface area contributed by atoms with Crippen molar-refractivity contribution in [1.29, 1.82) is 0 Å². The Bertz CT molecular complexity index is 305. The van der Waals surface area contributed by atoms with Gasteiger partial charge in [0.1, 0.15) is 0 Å². The van der Waals surface area contributed by atoms with Gasteiger partial charge >= 0.3 is 0 Å². The predicted octanol–water partition coefficient (Wildman–Crippen LogP) is 2.67. The maximum absolute atomic E-state index is 3.60. The van der Waals surface area contributed by atoms with Gasteiger partial charge in [-0.3, -0.25) is 4.90 Å². The number of piperazine rings is 1. The first-order chi connectivity index (χ1) is 10.0. The summed E-state index contributed by atoms with van der Waals surface area (Å²) in [6.45, 7) is 15.8. The van der Waals surface area contributed by atoms with Gasteiger partial charge in [0.15, 0.2) is 0 Å². The van der Waals surface area contributed by atoms with Gasteiger partial charge in [-0.15, -0.1) is 0 Å². The van der Waals surface area contributed by atoms with Gasteiger partial charge in [0.2, 0.25) is 0 Å². The SMILES string of the molecule is CCN1CCN(CC2CC(C(C)C)CCC2NC)CC1C. The average molecular weight is 296 g/mol. The summed E-state index contributed by atoms with van der Waals surface area (Å²) in [6.07, 6.45) is 4.21. The molecule has 0 radical (unpaired) electrons. The second kappa shape index (κ2) is 7.94. The molecule has 21 heavy (non-hydrogen) atoms. The second-order valence-electron chi connectivity index (χ2n) is 7.71. The minimum atomic E-state index is 0.723. The summed E-state index contributed by atoms with van der Waals surface area (Å²) >= 11 is 0. The molecule has 4 unspecified atom stereocenters. The highest BCUT2D eigenvalue weighted by Gasteiger charge is 2.33. The Morgan fingerprint density at radius 2 is 1.95 bits per heavy atom. The van der Waals surface area contributed by atoms with E-state index in [4.69, 9.17) is 0 Å². The molecule has 3 heteroatoms. The molecule has 2 aliphatic rings. The molecular weight excluding hydrogens is 258 g/mol. The van der Waals surface area contributed by atoms with Gasteiger partial charge in [-0.1, -0.05) is 20.8 Å². The maximum Gasteiger partial charge on any atom is 0.0195 e. The number of hydrogen-bond acceptors (Lipinski definition) is 3. The zero-order chi connectivity index (χ0) is 15.4. The average Bonchev–Trinajstić information content (AvgIpc) is 2.47. The molecule has 4 atom stereocenters. The smallest absolute Gasteiger partial charge is 0.0195 e. The van der Waals surface area contributed by atoms with Crippen molar-refractivity contribution in [1.82, 2.24) is 15.1 Å². The number of rotatable bonds is 5. The van der Waals surface area contributed by atoms with Crippen LogP contribution < -0.4 is 5.32 Å². The molecule has 124 valence electrons. The van der Waals surface area contributed by atoms with Gasteiger partial charge in [0.25, 0.3) is 0 Å². The summed E-state index contributed by atoms with van der Waals surface area (Å²) in [5, 5.41) is 3.60. The minimum absolute atomic E-state index is 0.723. The van der Waals surface area contributed by atoms with Crippen LogP contribution in [0, 0.1) is 17.8 Å². The lowest BCUT2D eigenvalue weighted by Gasteiger charge is -2.44. The van der Waals surface area contributed by atoms with Crippen molar-refractivity contribution in [2.45, 2.75) is 59.0 Å². The molecule has 3 nitrogen and oxygen atoms in total. The summed E-state index contributed by atoms with van der Waals surface area (Å²) in [6, 6.07) is 1.46. The summed E-state index contributed by atoms with van der Waals surface area (Å²) < 4.78 is 0. The fourth-order valence-electron chi connectivity index (χ4n) is 4.53. The molecule has 2 rings (SSSR count). The first-order valence-corrected chi connectivity index (χ1v) is 9.18. The normalized spacial score (nSPS) is 36.3. The molecule has 0 bridgehead atoms. The highest BCUT2D eigenvalue weighted by Crippen LogP contribution is 2.34. The summed E-state index contributed by atoms with van der Waals surface area (Å²) in [5.74, 6) is 2.63. The van der Waals surface area contributed by atoms with Crippen molar-refractivity contribution in [3.8, 4) is 0 Å². The highest BCUT2D eigenvalue weighted by molar-refractivity contribution is 4.88. The van der Waals surface area contributed by atoms with Crippen LogP contribution in [0.5, 0.6) is 0 Å². The van der Waals surface area contributed by atoms with Crippen molar-refractivity contribution in [3.63, 3.8) is 0 Å². The van der Waals surface area contributed by atoms with Gasteiger partial charge < -0.3 is 10.2 Å². The topological polar surface area (TPSA) is 18.5 Å². The summed E-state index contributed by atoms with van der Waals surface area (Å²) in [7, 11) is 2.16. The molecular formula is C18H37N3. The third-order valence-corrected chi connectivity index (χ3v) is 6.08. The molecule has 0 spiro atoms. The van der Waals surface area contributed by atoms with E-state index in [-0.39, 0.29) is 0 Å². The van der Waals surface area contributed by atoms with Crippen LogP contribution in [0.15, 0.2) is 0 Å². The molecule has 1 aliphatic carbocycles. The van der Waals surface area contributed by atoms with E-state index in [2.05, 4.69) is 49.9 Å². The van der Waals surface area contributed by atoms with Crippen LogP contribution in [0.3, 0.4) is 0 Å². The largest absolute Gasteiger partial charge is 0.317 e. The van der Waals surface area contributed by atoms with E-state index < -0.39 is 0 Å². The third-order valence-electron chi connectivity index (χ3n) is 6.08. The van der Waals surface area contributed by atoms with Crippen LogP contribution in [-0.4, -0.2) is 61.7 Å². The molecule has 1 saturated carbocycles. The van der Waals surface area contributed by atoms with E-state index in [9.17, 15) is 0 Å². The first-order valence-electron chi connectivity index (χ1n) is 9.18. The van der Waals surface area contributed by atoms with E-state index >= 15 is 0 Å². The van der Waals surface area contributed by atoms with Crippen molar-refractivity contribution in [2.75, 3.05) is 39.8 Å². The number of hydrogen-bond donors (Lipinski definition) is 1.